The van der Waals surface area contributed by atoms with E-state index >= 15 is 0 Å². The summed E-state index contributed by atoms with van der Waals surface area (Å²) in [6, 6.07) is -0.497. The van der Waals surface area contributed by atoms with Crippen molar-refractivity contribution in [2.75, 3.05) is 20.1 Å². The molecule has 3 rings (SSSR count). The van der Waals surface area contributed by atoms with Crippen LogP contribution in [0.4, 0.5) is 0 Å². The van der Waals surface area contributed by atoms with Gasteiger partial charge in [0.05, 0.1) is 0 Å². The number of carboxylic acids is 3. The van der Waals surface area contributed by atoms with Crippen molar-refractivity contribution in [2.45, 2.75) is 75.4 Å². The third kappa shape index (κ3) is 7.82. The van der Waals surface area contributed by atoms with Crippen LogP contribution in [0.3, 0.4) is 0 Å². The summed E-state index contributed by atoms with van der Waals surface area (Å²) in [5.41, 5.74) is 4.61. The molecule has 2 aliphatic heterocycles. The summed E-state index contributed by atoms with van der Waals surface area (Å²) in [7, 11) is 1.85. The Morgan fingerprint density at radius 1 is 0.963 bits per heavy atom. The van der Waals surface area contributed by atoms with Gasteiger partial charge in [-0.15, -0.1) is 0 Å². The van der Waals surface area contributed by atoms with E-state index in [0.717, 1.165) is 58.0 Å². The predicted octanol–water partition coefficient (Wildman–Crippen LogP) is 0.721. The lowest BCUT2D eigenvalue weighted by Gasteiger charge is -2.18. The summed E-state index contributed by atoms with van der Waals surface area (Å²) < 4.78 is 0. The van der Waals surface area contributed by atoms with Crippen LogP contribution < -0.4 is 11.1 Å². The van der Waals surface area contributed by atoms with Gasteiger partial charge in [0.2, 0.25) is 0 Å². The number of nitrogens with one attached hydrogen (secondary N) is 1. The molecule has 1 unspecified atom stereocenters. The van der Waals surface area contributed by atoms with E-state index in [2.05, 4.69) is 5.32 Å². The number of aliphatic carboxylic acids is 3. The minimum atomic E-state index is -0.889. The normalized spacial score (nSPS) is 26.9. The van der Waals surface area contributed by atoms with Crippen molar-refractivity contribution < 1.29 is 29.7 Å². The molecule has 6 N–H and O–H groups in total. The highest BCUT2D eigenvalue weighted by Crippen LogP contribution is 2.26. The summed E-state index contributed by atoms with van der Waals surface area (Å²) >= 11 is 0. The molecule has 2 heterocycles. The number of likely N-dealkylation sites (N-methyl/N-ethyl adjacent to an activating group) is 1. The monoisotopic (exact) mass is 387 g/mol. The second-order valence-electron chi connectivity index (χ2n) is 7.49. The predicted molar refractivity (Wildman–Crippen MR) is 99.6 cm³/mol. The molecule has 27 heavy (non-hydrogen) atoms. The van der Waals surface area contributed by atoms with Gasteiger partial charge in [0, 0.05) is 0 Å². The number of nitrogens with two attached hydrogens (primary N) is 1. The van der Waals surface area contributed by atoms with Crippen LogP contribution in [0, 0.1) is 0 Å². The second kappa shape index (κ2) is 11.2. The molecule has 0 aromatic rings. The summed E-state index contributed by atoms with van der Waals surface area (Å²) in [5, 5.41) is 28.5. The van der Waals surface area contributed by atoms with Gasteiger partial charge in [0.1, 0.15) is 17.6 Å². The molecule has 156 valence electrons. The maximum atomic E-state index is 10.4. The lowest BCUT2D eigenvalue weighted by atomic mass is 10.0. The van der Waals surface area contributed by atoms with E-state index in [9.17, 15) is 14.4 Å². The Balaban J connectivity index is 0.000000202. The molecule has 1 aliphatic carbocycles. The van der Waals surface area contributed by atoms with E-state index in [1.54, 1.807) is 0 Å². The lowest BCUT2D eigenvalue weighted by Crippen LogP contribution is -2.44. The highest BCUT2D eigenvalue weighted by atomic mass is 16.4. The molecule has 9 heteroatoms. The summed E-state index contributed by atoms with van der Waals surface area (Å²) in [6.45, 7) is 1.79. The first kappa shape index (κ1) is 23.3. The number of hydrogen-bond donors (Lipinski definition) is 5. The zero-order valence-electron chi connectivity index (χ0n) is 16.0. The fraction of sp³-hybridized carbons (Fsp3) is 0.833. The average Bonchev–Trinajstić information content (AvgIpc) is 3.26. The van der Waals surface area contributed by atoms with Gasteiger partial charge in [-0.25, -0.2) is 0 Å². The van der Waals surface area contributed by atoms with Crippen LogP contribution in [0.1, 0.15) is 57.8 Å². The second-order valence-corrected chi connectivity index (χ2v) is 7.49. The number of rotatable bonds is 3. The average molecular weight is 387 g/mol. The van der Waals surface area contributed by atoms with Crippen molar-refractivity contribution in [3.8, 4) is 0 Å². The van der Waals surface area contributed by atoms with Crippen molar-refractivity contribution in [1.82, 2.24) is 10.2 Å². The van der Waals surface area contributed by atoms with E-state index in [1.807, 2.05) is 11.9 Å². The minimum Gasteiger partial charge on any atom is -0.480 e. The van der Waals surface area contributed by atoms with Crippen LogP contribution in [0.15, 0.2) is 0 Å². The molecule has 0 aromatic carbocycles. The van der Waals surface area contributed by atoms with Crippen LogP contribution >= 0.6 is 0 Å². The van der Waals surface area contributed by atoms with Gasteiger partial charge in [-0.2, -0.15) is 0 Å². The molecule has 9 nitrogen and oxygen atoms in total. The molecular weight excluding hydrogens is 354 g/mol. The third-order valence-corrected chi connectivity index (χ3v) is 5.34. The highest BCUT2D eigenvalue weighted by Gasteiger charge is 2.36. The SMILES string of the molecule is CN1CCC[C@H]1C(=O)O.NC1(C(=O)O)CCCC1.O=C(O)C1CCCCN1. The van der Waals surface area contributed by atoms with Crippen molar-refractivity contribution in [2.24, 2.45) is 5.73 Å². The molecule has 2 atom stereocenters. The Morgan fingerprint density at radius 3 is 1.85 bits per heavy atom. The Bertz CT molecular complexity index is 501. The Morgan fingerprint density at radius 2 is 1.59 bits per heavy atom. The molecular formula is C18H33N3O6. The van der Waals surface area contributed by atoms with E-state index in [1.165, 1.54) is 0 Å². The van der Waals surface area contributed by atoms with Crippen molar-refractivity contribution >= 4 is 17.9 Å². The van der Waals surface area contributed by atoms with Gasteiger partial charge in [0.25, 0.3) is 0 Å². The van der Waals surface area contributed by atoms with Gasteiger partial charge < -0.3 is 26.4 Å². The van der Waals surface area contributed by atoms with Gasteiger partial charge in [-0.1, -0.05) is 19.3 Å². The standard InChI is InChI=1S/3C6H11NO2/c1-7-4-2-3-5(7)6(8)9;7-6(5(8)9)3-1-2-4-6;8-6(9)5-3-1-2-4-7-5/h5H,2-4H2,1H3,(H,8,9);1-4,7H2,(H,8,9);5,7H,1-4H2,(H,8,9)/t5-;;/m0../s1. The van der Waals surface area contributed by atoms with Crippen molar-refractivity contribution in [1.29, 1.82) is 0 Å². The number of hydrogen-bond acceptors (Lipinski definition) is 6. The number of likely N-dealkylation sites (tertiary alicyclic amines) is 1. The minimum absolute atomic E-state index is 0.218. The fourth-order valence-electron chi connectivity index (χ4n) is 3.50. The van der Waals surface area contributed by atoms with E-state index in [-0.39, 0.29) is 12.1 Å². The van der Waals surface area contributed by atoms with Crippen LogP contribution in [-0.4, -0.2) is 75.9 Å². The summed E-state index contributed by atoms with van der Waals surface area (Å²) in [6.07, 6.45) is 7.98. The number of nitrogens with zero attached hydrogens (tertiary/aromatic N) is 1. The number of piperidine rings is 1. The molecule has 1 saturated carbocycles. The Labute approximate surface area is 159 Å². The molecule has 2 saturated heterocycles. The number of carboxylic acid groups (broad SMARTS) is 3. The zero-order chi connectivity index (χ0) is 20.4. The van der Waals surface area contributed by atoms with Crippen LogP contribution in [0.2, 0.25) is 0 Å². The zero-order valence-corrected chi connectivity index (χ0v) is 16.0. The fourth-order valence-corrected chi connectivity index (χ4v) is 3.50. The van der Waals surface area contributed by atoms with Gasteiger partial charge in [-0.3, -0.25) is 19.3 Å². The topological polar surface area (TPSA) is 153 Å². The van der Waals surface area contributed by atoms with Crippen molar-refractivity contribution in [3.63, 3.8) is 0 Å². The van der Waals surface area contributed by atoms with Crippen LogP contribution in [0.5, 0.6) is 0 Å². The Hall–Kier alpha value is -1.71. The number of carbonyl (C=O) groups is 3. The summed E-state index contributed by atoms with van der Waals surface area (Å²) in [4.78, 5) is 32.9. The quantitative estimate of drug-likeness (QED) is 0.471. The van der Waals surface area contributed by atoms with E-state index < -0.39 is 23.4 Å². The lowest BCUT2D eigenvalue weighted by molar-refractivity contribution is -0.143. The van der Waals surface area contributed by atoms with Crippen LogP contribution in [-0.2, 0) is 14.4 Å². The first-order valence-corrected chi connectivity index (χ1v) is 9.59. The highest BCUT2D eigenvalue weighted by molar-refractivity contribution is 5.78. The molecule has 3 aliphatic rings. The summed E-state index contributed by atoms with van der Waals surface area (Å²) in [5.74, 6) is -2.25. The van der Waals surface area contributed by atoms with Gasteiger partial charge in [0.15, 0.2) is 0 Å². The smallest absolute Gasteiger partial charge is 0.323 e. The van der Waals surface area contributed by atoms with E-state index in [4.69, 9.17) is 21.1 Å². The third-order valence-electron chi connectivity index (χ3n) is 5.34. The maximum Gasteiger partial charge on any atom is 0.323 e. The molecule has 0 bridgehead atoms. The molecule has 0 spiro atoms. The first-order valence-electron chi connectivity index (χ1n) is 9.59. The molecule has 3 fully saturated rings. The van der Waals surface area contributed by atoms with Gasteiger partial charge >= 0.3 is 17.9 Å². The van der Waals surface area contributed by atoms with Crippen molar-refractivity contribution in [3.05, 3.63) is 0 Å². The van der Waals surface area contributed by atoms with Gasteiger partial charge in [-0.05, 0) is 58.7 Å². The molecule has 0 radical (unpaired) electrons. The first-order chi connectivity index (χ1) is 12.7. The van der Waals surface area contributed by atoms with E-state index in [0.29, 0.717) is 12.8 Å². The molecule has 0 amide bonds. The van der Waals surface area contributed by atoms with Crippen LogP contribution in [0.25, 0.3) is 0 Å². The molecule has 0 aromatic heterocycles. The largest absolute Gasteiger partial charge is 0.480 e. The Kier molecular flexibility index (Phi) is 9.68. The maximum absolute atomic E-state index is 10.4.